The maximum Gasteiger partial charge on any atom is 0.100 e. The number of anilines is 1. The molecule has 0 heterocycles. The van der Waals surface area contributed by atoms with Crippen LogP contribution < -0.4 is 4.90 Å². The van der Waals surface area contributed by atoms with E-state index in [1.54, 1.807) is 0 Å². The molecule has 0 amide bonds. The second-order valence-corrected chi connectivity index (χ2v) is 4.56. The Balaban J connectivity index is 2.86. The van der Waals surface area contributed by atoms with Crippen LogP contribution in [0.1, 0.15) is 32.3 Å². The summed E-state index contributed by atoms with van der Waals surface area (Å²) >= 11 is 3.42. The molecule has 2 nitrogen and oxygen atoms in total. The second kappa shape index (κ2) is 6.55. The first-order chi connectivity index (χ1) is 7.72. The van der Waals surface area contributed by atoms with Gasteiger partial charge in [0.15, 0.2) is 0 Å². The Morgan fingerprint density at radius 1 is 1.38 bits per heavy atom. The van der Waals surface area contributed by atoms with Crippen LogP contribution in [0.5, 0.6) is 0 Å². The van der Waals surface area contributed by atoms with Crippen LogP contribution in [0.3, 0.4) is 0 Å². The summed E-state index contributed by atoms with van der Waals surface area (Å²) in [6.45, 7) is 6.42. The number of hydrogen-bond acceptors (Lipinski definition) is 2. The molecule has 0 saturated heterocycles. The van der Waals surface area contributed by atoms with E-state index < -0.39 is 0 Å². The van der Waals surface area contributed by atoms with Gasteiger partial charge in [-0.3, -0.25) is 0 Å². The molecule has 1 aromatic rings. The topological polar surface area (TPSA) is 27.0 Å². The Labute approximate surface area is 106 Å². The van der Waals surface area contributed by atoms with Crippen LogP contribution >= 0.6 is 15.9 Å². The lowest BCUT2D eigenvalue weighted by Gasteiger charge is -2.23. The van der Waals surface area contributed by atoms with Crippen LogP contribution in [0.25, 0.3) is 0 Å². The molecular weight excluding hydrogens is 264 g/mol. The summed E-state index contributed by atoms with van der Waals surface area (Å²) in [4.78, 5) is 2.33. The summed E-state index contributed by atoms with van der Waals surface area (Å²) in [7, 11) is 0. The number of nitrogens with zero attached hydrogens (tertiary/aromatic N) is 2. The van der Waals surface area contributed by atoms with Crippen molar-refractivity contribution in [2.24, 2.45) is 0 Å². The Kier molecular flexibility index (Phi) is 5.34. The summed E-state index contributed by atoms with van der Waals surface area (Å²) < 4.78 is 0.877. The standard InChI is InChI=1S/C13H17BrN2/c1-3-5-8-16(4-2)12-7-6-11(10-15)13(14)9-12/h6-7,9H,3-5,8H2,1-2H3. The maximum atomic E-state index is 8.85. The van der Waals surface area contributed by atoms with Crippen molar-refractivity contribution in [3.63, 3.8) is 0 Å². The van der Waals surface area contributed by atoms with E-state index in [0.29, 0.717) is 5.56 Å². The van der Waals surface area contributed by atoms with Crippen molar-refractivity contribution >= 4 is 21.6 Å². The van der Waals surface area contributed by atoms with Crippen LogP contribution in [-0.4, -0.2) is 13.1 Å². The number of hydrogen-bond donors (Lipinski definition) is 0. The van der Waals surface area contributed by atoms with Crippen molar-refractivity contribution in [3.8, 4) is 6.07 Å². The molecule has 0 radical (unpaired) electrons. The molecular formula is C13H17BrN2. The quantitative estimate of drug-likeness (QED) is 0.817. The molecule has 0 bridgehead atoms. The highest BCUT2D eigenvalue weighted by atomic mass is 79.9. The van der Waals surface area contributed by atoms with Crippen molar-refractivity contribution < 1.29 is 0 Å². The normalized spacial score (nSPS) is 9.88. The fraction of sp³-hybridized carbons (Fsp3) is 0.462. The number of rotatable bonds is 5. The highest BCUT2D eigenvalue weighted by molar-refractivity contribution is 9.10. The Morgan fingerprint density at radius 2 is 2.12 bits per heavy atom. The number of unbranched alkanes of at least 4 members (excludes halogenated alkanes) is 1. The number of halogens is 1. The van der Waals surface area contributed by atoms with Crippen molar-refractivity contribution in [2.45, 2.75) is 26.7 Å². The molecule has 0 spiro atoms. The maximum absolute atomic E-state index is 8.85. The summed E-state index contributed by atoms with van der Waals surface area (Å²) in [5.74, 6) is 0. The first kappa shape index (κ1) is 13.1. The second-order valence-electron chi connectivity index (χ2n) is 3.71. The molecule has 0 aliphatic rings. The average molecular weight is 281 g/mol. The molecule has 1 aromatic carbocycles. The van der Waals surface area contributed by atoms with E-state index in [2.05, 4.69) is 40.7 Å². The third-order valence-corrected chi connectivity index (χ3v) is 3.26. The minimum atomic E-state index is 0.690. The molecule has 16 heavy (non-hydrogen) atoms. The van der Waals surface area contributed by atoms with Gasteiger partial charge in [-0.1, -0.05) is 13.3 Å². The van der Waals surface area contributed by atoms with Gasteiger partial charge in [0, 0.05) is 23.2 Å². The van der Waals surface area contributed by atoms with Crippen LogP contribution in [0, 0.1) is 11.3 Å². The van der Waals surface area contributed by atoms with Crippen molar-refractivity contribution in [1.29, 1.82) is 5.26 Å². The molecule has 0 aromatic heterocycles. The van der Waals surface area contributed by atoms with Gasteiger partial charge in [-0.25, -0.2) is 0 Å². The summed E-state index contributed by atoms with van der Waals surface area (Å²) in [5, 5.41) is 8.85. The fourth-order valence-electron chi connectivity index (χ4n) is 1.61. The Bertz CT molecular complexity index is 382. The van der Waals surface area contributed by atoms with Gasteiger partial charge in [0.05, 0.1) is 5.56 Å². The van der Waals surface area contributed by atoms with E-state index in [1.807, 2.05) is 18.2 Å². The summed E-state index contributed by atoms with van der Waals surface area (Å²) in [6.07, 6.45) is 2.40. The molecule has 3 heteroatoms. The van der Waals surface area contributed by atoms with Gasteiger partial charge >= 0.3 is 0 Å². The van der Waals surface area contributed by atoms with E-state index in [-0.39, 0.29) is 0 Å². The van der Waals surface area contributed by atoms with E-state index in [0.717, 1.165) is 17.6 Å². The Hall–Kier alpha value is -1.01. The van der Waals surface area contributed by atoms with Crippen LogP contribution in [-0.2, 0) is 0 Å². The van der Waals surface area contributed by atoms with Crippen LogP contribution in [0.2, 0.25) is 0 Å². The zero-order chi connectivity index (χ0) is 12.0. The third-order valence-electron chi connectivity index (χ3n) is 2.60. The molecule has 1 rings (SSSR count). The molecule has 0 saturated carbocycles. The van der Waals surface area contributed by atoms with Gasteiger partial charge in [-0.2, -0.15) is 5.26 Å². The molecule has 0 fully saturated rings. The minimum Gasteiger partial charge on any atom is -0.372 e. The highest BCUT2D eigenvalue weighted by Crippen LogP contribution is 2.23. The lowest BCUT2D eigenvalue weighted by molar-refractivity contribution is 0.732. The molecule has 0 aliphatic heterocycles. The average Bonchev–Trinajstić information content (AvgIpc) is 2.30. The molecule has 0 unspecified atom stereocenters. The van der Waals surface area contributed by atoms with Gasteiger partial charge < -0.3 is 4.90 Å². The van der Waals surface area contributed by atoms with Crippen LogP contribution in [0.15, 0.2) is 22.7 Å². The van der Waals surface area contributed by atoms with Crippen molar-refractivity contribution in [3.05, 3.63) is 28.2 Å². The monoisotopic (exact) mass is 280 g/mol. The summed E-state index contributed by atoms with van der Waals surface area (Å²) in [5.41, 5.74) is 1.87. The largest absolute Gasteiger partial charge is 0.372 e. The molecule has 0 N–H and O–H groups in total. The predicted molar refractivity (Wildman–Crippen MR) is 71.7 cm³/mol. The molecule has 0 atom stereocenters. The Morgan fingerprint density at radius 3 is 2.62 bits per heavy atom. The van der Waals surface area contributed by atoms with Gasteiger partial charge in [0.2, 0.25) is 0 Å². The van der Waals surface area contributed by atoms with E-state index in [4.69, 9.17) is 5.26 Å². The van der Waals surface area contributed by atoms with Crippen LogP contribution in [0.4, 0.5) is 5.69 Å². The van der Waals surface area contributed by atoms with Gasteiger partial charge in [0.1, 0.15) is 6.07 Å². The van der Waals surface area contributed by atoms with Gasteiger partial charge in [-0.05, 0) is 47.5 Å². The zero-order valence-electron chi connectivity index (χ0n) is 9.83. The van der Waals surface area contributed by atoms with Gasteiger partial charge in [-0.15, -0.1) is 0 Å². The first-order valence-corrected chi connectivity index (χ1v) is 6.46. The minimum absolute atomic E-state index is 0.690. The summed E-state index contributed by atoms with van der Waals surface area (Å²) in [6, 6.07) is 8.07. The smallest absolute Gasteiger partial charge is 0.100 e. The first-order valence-electron chi connectivity index (χ1n) is 5.67. The van der Waals surface area contributed by atoms with Crippen molar-refractivity contribution in [2.75, 3.05) is 18.0 Å². The van der Waals surface area contributed by atoms with E-state index >= 15 is 0 Å². The zero-order valence-corrected chi connectivity index (χ0v) is 11.4. The molecule has 0 aliphatic carbocycles. The number of nitriles is 1. The third kappa shape index (κ3) is 3.24. The lowest BCUT2D eigenvalue weighted by atomic mass is 10.2. The van der Waals surface area contributed by atoms with E-state index in [1.165, 1.54) is 18.5 Å². The highest BCUT2D eigenvalue weighted by Gasteiger charge is 2.06. The number of benzene rings is 1. The van der Waals surface area contributed by atoms with Gasteiger partial charge in [0.25, 0.3) is 0 Å². The fourth-order valence-corrected chi connectivity index (χ4v) is 2.07. The lowest BCUT2D eigenvalue weighted by Crippen LogP contribution is -2.23. The van der Waals surface area contributed by atoms with Crippen molar-refractivity contribution in [1.82, 2.24) is 0 Å². The van der Waals surface area contributed by atoms with E-state index in [9.17, 15) is 0 Å². The molecule has 86 valence electrons. The predicted octanol–water partition coefficient (Wildman–Crippen LogP) is 3.95. The SMILES string of the molecule is CCCCN(CC)c1ccc(C#N)c(Br)c1.